The second-order valence-corrected chi connectivity index (χ2v) is 6.45. The average Bonchev–Trinajstić information content (AvgIpc) is 2.45. The predicted octanol–water partition coefficient (Wildman–Crippen LogP) is 2.32. The van der Waals surface area contributed by atoms with Crippen molar-refractivity contribution < 1.29 is 9.53 Å². The lowest BCUT2D eigenvalue weighted by Gasteiger charge is -2.36. The van der Waals surface area contributed by atoms with Gasteiger partial charge in [-0.15, -0.1) is 0 Å². The van der Waals surface area contributed by atoms with Crippen molar-refractivity contribution in [1.29, 1.82) is 5.26 Å². The molecule has 0 saturated carbocycles. The number of hydrogen-bond acceptors (Lipinski definition) is 5. The van der Waals surface area contributed by atoms with Crippen molar-refractivity contribution in [3.8, 4) is 6.07 Å². The number of nitrogens with zero attached hydrogens (tertiary/aromatic N) is 4. The number of hydrogen-bond donors (Lipinski definition) is 0. The molecule has 1 fully saturated rings. The number of aromatic nitrogens is 1. The van der Waals surface area contributed by atoms with E-state index >= 15 is 0 Å². The first kappa shape index (κ1) is 16.1. The summed E-state index contributed by atoms with van der Waals surface area (Å²) in [5.41, 5.74) is 1.05. The van der Waals surface area contributed by atoms with Gasteiger partial charge in [0, 0.05) is 32.4 Å². The summed E-state index contributed by atoms with van der Waals surface area (Å²) in [6.45, 7) is 9.90. The number of pyridine rings is 1. The molecule has 0 spiro atoms. The van der Waals surface area contributed by atoms with Gasteiger partial charge in [-0.2, -0.15) is 5.26 Å². The summed E-state index contributed by atoms with van der Waals surface area (Å²) in [4.78, 5) is 20.1. The van der Waals surface area contributed by atoms with Gasteiger partial charge in [0.2, 0.25) is 0 Å². The van der Waals surface area contributed by atoms with E-state index in [1.807, 2.05) is 38.7 Å². The highest BCUT2D eigenvalue weighted by Gasteiger charge is 2.27. The molecule has 1 saturated heterocycles. The molecule has 1 aliphatic rings. The Morgan fingerprint density at radius 1 is 1.32 bits per heavy atom. The van der Waals surface area contributed by atoms with E-state index in [-0.39, 0.29) is 6.09 Å². The Morgan fingerprint density at radius 3 is 2.50 bits per heavy atom. The van der Waals surface area contributed by atoms with E-state index in [9.17, 15) is 10.1 Å². The summed E-state index contributed by atoms with van der Waals surface area (Å²) in [5.74, 6) is 0.692. The molecule has 0 aromatic carbocycles. The molecule has 0 atom stereocenters. The number of anilines is 1. The largest absolute Gasteiger partial charge is 0.444 e. The van der Waals surface area contributed by atoms with Crippen molar-refractivity contribution in [1.82, 2.24) is 9.88 Å². The molecule has 1 aromatic rings. The standard InChI is InChI=1S/C16H22N4O2/c1-12-9-13(10-17)14(18-11-12)19-5-7-20(8-6-19)15(21)22-16(2,3)4/h9,11H,5-8H2,1-4H3. The molecule has 0 aliphatic carbocycles. The van der Waals surface area contributed by atoms with Gasteiger partial charge in [0.25, 0.3) is 0 Å². The SMILES string of the molecule is Cc1cnc(N2CCN(C(=O)OC(C)(C)C)CC2)c(C#N)c1. The molecular formula is C16H22N4O2. The van der Waals surface area contributed by atoms with Crippen LogP contribution in [0, 0.1) is 18.3 Å². The highest BCUT2D eigenvalue weighted by Crippen LogP contribution is 2.20. The normalized spacial score (nSPS) is 15.4. The molecule has 0 bridgehead atoms. The van der Waals surface area contributed by atoms with Crippen molar-refractivity contribution in [2.45, 2.75) is 33.3 Å². The lowest BCUT2D eigenvalue weighted by molar-refractivity contribution is 0.0240. The van der Waals surface area contributed by atoms with Crippen LogP contribution in [0.2, 0.25) is 0 Å². The first-order chi connectivity index (χ1) is 10.3. The Kier molecular flexibility index (Phi) is 4.55. The number of piperazine rings is 1. The summed E-state index contributed by atoms with van der Waals surface area (Å²) in [6.07, 6.45) is 1.47. The average molecular weight is 302 g/mol. The summed E-state index contributed by atoms with van der Waals surface area (Å²) < 4.78 is 5.38. The zero-order chi connectivity index (χ0) is 16.3. The van der Waals surface area contributed by atoms with Crippen LogP contribution in [0.1, 0.15) is 31.9 Å². The maximum Gasteiger partial charge on any atom is 0.410 e. The quantitative estimate of drug-likeness (QED) is 0.796. The van der Waals surface area contributed by atoms with Crippen LogP contribution >= 0.6 is 0 Å². The van der Waals surface area contributed by atoms with Gasteiger partial charge in [0.15, 0.2) is 0 Å². The molecule has 2 rings (SSSR count). The molecule has 6 nitrogen and oxygen atoms in total. The van der Waals surface area contributed by atoms with E-state index in [0.29, 0.717) is 37.6 Å². The highest BCUT2D eigenvalue weighted by molar-refractivity contribution is 5.68. The van der Waals surface area contributed by atoms with Gasteiger partial charge in [0.05, 0.1) is 5.56 Å². The molecule has 6 heteroatoms. The van der Waals surface area contributed by atoms with Crippen LogP contribution in [0.5, 0.6) is 0 Å². The fraction of sp³-hybridized carbons (Fsp3) is 0.562. The molecule has 22 heavy (non-hydrogen) atoms. The van der Waals surface area contributed by atoms with E-state index < -0.39 is 5.60 Å². The number of amides is 1. The fourth-order valence-corrected chi connectivity index (χ4v) is 2.32. The summed E-state index contributed by atoms with van der Waals surface area (Å²) in [6, 6.07) is 4.03. The van der Waals surface area contributed by atoms with Crippen molar-refractivity contribution in [3.63, 3.8) is 0 Å². The predicted molar refractivity (Wildman–Crippen MR) is 83.7 cm³/mol. The molecule has 0 unspecified atom stereocenters. The minimum absolute atomic E-state index is 0.287. The Hall–Kier alpha value is -2.29. The Balaban J connectivity index is 2.01. The summed E-state index contributed by atoms with van der Waals surface area (Å²) in [7, 11) is 0. The lowest BCUT2D eigenvalue weighted by Crippen LogP contribution is -2.50. The minimum atomic E-state index is -0.485. The Bertz CT molecular complexity index is 593. The third-order valence-electron chi connectivity index (χ3n) is 3.35. The van der Waals surface area contributed by atoms with Gasteiger partial charge in [-0.3, -0.25) is 0 Å². The van der Waals surface area contributed by atoms with Crippen LogP contribution in [0.25, 0.3) is 0 Å². The first-order valence-electron chi connectivity index (χ1n) is 7.40. The van der Waals surface area contributed by atoms with Crippen LogP contribution < -0.4 is 4.90 Å². The van der Waals surface area contributed by atoms with Gasteiger partial charge >= 0.3 is 6.09 Å². The van der Waals surface area contributed by atoms with Crippen molar-refractivity contribution >= 4 is 11.9 Å². The third-order valence-corrected chi connectivity index (χ3v) is 3.35. The van der Waals surface area contributed by atoms with Gasteiger partial charge in [0.1, 0.15) is 17.5 Å². The van der Waals surface area contributed by atoms with E-state index in [0.717, 1.165) is 5.56 Å². The highest BCUT2D eigenvalue weighted by atomic mass is 16.6. The van der Waals surface area contributed by atoms with E-state index in [2.05, 4.69) is 11.1 Å². The number of aryl methyl sites for hydroxylation is 1. The topological polar surface area (TPSA) is 69.5 Å². The zero-order valence-electron chi connectivity index (χ0n) is 13.6. The van der Waals surface area contributed by atoms with E-state index in [1.54, 1.807) is 11.1 Å². The zero-order valence-corrected chi connectivity index (χ0v) is 13.6. The van der Waals surface area contributed by atoms with Gasteiger partial charge in [-0.25, -0.2) is 9.78 Å². The first-order valence-corrected chi connectivity index (χ1v) is 7.40. The van der Waals surface area contributed by atoms with E-state index in [1.165, 1.54) is 0 Å². The molecule has 1 aliphatic heterocycles. The third kappa shape index (κ3) is 3.88. The number of rotatable bonds is 1. The maximum atomic E-state index is 12.0. The van der Waals surface area contributed by atoms with Crippen LogP contribution in [0.15, 0.2) is 12.3 Å². The van der Waals surface area contributed by atoms with Crippen molar-refractivity contribution in [2.24, 2.45) is 0 Å². The van der Waals surface area contributed by atoms with Crippen molar-refractivity contribution in [3.05, 3.63) is 23.4 Å². The molecule has 1 amide bonds. The smallest absolute Gasteiger partial charge is 0.410 e. The minimum Gasteiger partial charge on any atom is -0.444 e. The maximum absolute atomic E-state index is 12.0. The number of carbonyl (C=O) groups is 1. The molecule has 0 N–H and O–H groups in total. The fourth-order valence-electron chi connectivity index (χ4n) is 2.32. The second-order valence-electron chi connectivity index (χ2n) is 6.45. The molecule has 118 valence electrons. The van der Waals surface area contributed by atoms with Crippen LogP contribution in [-0.4, -0.2) is 47.8 Å². The summed E-state index contributed by atoms with van der Waals surface area (Å²) in [5, 5.41) is 9.24. The number of ether oxygens (including phenoxy) is 1. The Labute approximate surface area is 131 Å². The molecule has 2 heterocycles. The van der Waals surface area contributed by atoms with Crippen LogP contribution in [-0.2, 0) is 4.74 Å². The van der Waals surface area contributed by atoms with Gasteiger partial charge in [-0.1, -0.05) is 0 Å². The molecule has 1 aromatic heterocycles. The van der Waals surface area contributed by atoms with Crippen LogP contribution in [0.4, 0.5) is 10.6 Å². The monoisotopic (exact) mass is 302 g/mol. The second kappa shape index (κ2) is 6.22. The lowest BCUT2D eigenvalue weighted by atomic mass is 10.2. The number of nitriles is 1. The van der Waals surface area contributed by atoms with Gasteiger partial charge < -0.3 is 14.5 Å². The summed E-state index contributed by atoms with van der Waals surface area (Å²) >= 11 is 0. The number of carbonyl (C=O) groups excluding carboxylic acids is 1. The van der Waals surface area contributed by atoms with E-state index in [4.69, 9.17) is 4.74 Å². The van der Waals surface area contributed by atoms with Gasteiger partial charge in [-0.05, 0) is 39.3 Å². The van der Waals surface area contributed by atoms with Crippen LogP contribution in [0.3, 0.4) is 0 Å². The molecular weight excluding hydrogens is 280 g/mol. The Morgan fingerprint density at radius 2 is 1.95 bits per heavy atom. The molecule has 0 radical (unpaired) electrons. The van der Waals surface area contributed by atoms with Crippen molar-refractivity contribution in [2.75, 3.05) is 31.1 Å².